The fraction of sp³-hybridized carbons (Fsp3) is 0.429. The second-order valence-electron chi connectivity index (χ2n) is 1.56. The molecule has 3 heteroatoms. The van der Waals surface area contributed by atoms with Crippen LogP contribution in [0.3, 0.4) is 0 Å². The van der Waals surface area contributed by atoms with Crippen molar-refractivity contribution in [2.24, 2.45) is 0 Å². The van der Waals surface area contributed by atoms with E-state index in [1.165, 1.54) is 0 Å². The molecule has 0 aromatic rings. The molecule has 0 radical (unpaired) electrons. The normalized spacial score (nSPS) is 5.90. The van der Waals surface area contributed by atoms with Crippen molar-refractivity contribution >= 4 is 0 Å². The van der Waals surface area contributed by atoms with Crippen LogP contribution < -0.4 is 0 Å². The van der Waals surface area contributed by atoms with Crippen LogP contribution in [0.2, 0.25) is 0 Å². The summed E-state index contributed by atoms with van der Waals surface area (Å²) in [6, 6.07) is 0. The molecule has 0 unspecified atom stereocenters. The van der Waals surface area contributed by atoms with Crippen molar-refractivity contribution in [1.29, 1.82) is 0 Å². The predicted octanol–water partition coefficient (Wildman–Crippen LogP) is 2.90. The molecule has 0 saturated heterocycles. The number of nitrogens with zero attached hydrogens (tertiary/aromatic N) is 1. The van der Waals surface area contributed by atoms with Crippen molar-refractivity contribution in [3.8, 4) is 0 Å². The Labute approximate surface area is 76.3 Å². The van der Waals surface area contributed by atoms with Gasteiger partial charge in [-0.3, -0.25) is 0 Å². The van der Waals surface area contributed by atoms with E-state index in [4.69, 9.17) is 5.73 Å². The van der Waals surface area contributed by atoms with Crippen molar-refractivity contribution in [1.82, 2.24) is 0 Å². The van der Waals surface area contributed by atoms with Gasteiger partial charge in [0.15, 0.2) is 0 Å². The van der Waals surface area contributed by atoms with E-state index in [1.807, 2.05) is 6.92 Å². The van der Waals surface area contributed by atoms with Crippen molar-refractivity contribution in [3.63, 3.8) is 0 Å². The van der Waals surface area contributed by atoms with Crippen LogP contribution in [0.5, 0.6) is 0 Å². The summed E-state index contributed by atoms with van der Waals surface area (Å²) in [4.78, 5) is 0. The van der Waals surface area contributed by atoms with Gasteiger partial charge in [-0.25, -0.2) is 0 Å². The van der Waals surface area contributed by atoms with Crippen LogP contribution in [0.25, 0.3) is 11.1 Å². The molecule has 0 saturated carbocycles. The number of nitrogens with one attached hydrogen (secondary N) is 1. The molecular formula is C7H13N2Zn-3. The fourth-order valence-corrected chi connectivity index (χ4v) is 0.327. The van der Waals surface area contributed by atoms with Crippen LogP contribution in [0.15, 0.2) is 17.1 Å². The molecule has 0 aromatic carbocycles. The number of rotatable bonds is 1. The molecule has 2 nitrogen and oxygen atoms in total. The molecule has 0 aliphatic carbocycles. The molecule has 0 spiro atoms. The van der Waals surface area contributed by atoms with Gasteiger partial charge in [0, 0.05) is 19.5 Å². The SMILES string of the molecule is C[N-]C(C)=C=C(C)[NH-].[CH3-].[Zn]. The molecule has 0 aliphatic heterocycles. The summed E-state index contributed by atoms with van der Waals surface area (Å²) in [5.74, 6) is 0. The van der Waals surface area contributed by atoms with E-state index in [0.717, 1.165) is 5.70 Å². The summed E-state index contributed by atoms with van der Waals surface area (Å²) in [5, 5.41) is 3.79. The first-order valence-electron chi connectivity index (χ1n) is 2.42. The van der Waals surface area contributed by atoms with Crippen LogP contribution in [-0.4, -0.2) is 7.05 Å². The van der Waals surface area contributed by atoms with Gasteiger partial charge < -0.3 is 18.5 Å². The van der Waals surface area contributed by atoms with Crippen LogP contribution in [0, 0.1) is 7.43 Å². The number of hydrogen-bond donors (Lipinski definition) is 0. The Hall–Kier alpha value is -0.257. The Morgan fingerprint density at radius 1 is 1.40 bits per heavy atom. The second-order valence-corrected chi connectivity index (χ2v) is 1.56. The van der Waals surface area contributed by atoms with Crippen molar-refractivity contribution in [2.75, 3.05) is 7.05 Å². The Bertz CT molecular complexity index is 131. The first-order valence-corrected chi connectivity index (χ1v) is 2.42. The Morgan fingerprint density at radius 2 is 1.80 bits per heavy atom. The van der Waals surface area contributed by atoms with E-state index in [2.05, 4.69) is 11.0 Å². The third kappa shape index (κ3) is 10.7. The molecular weight excluding hydrogens is 177 g/mol. The van der Waals surface area contributed by atoms with Crippen LogP contribution in [0.4, 0.5) is 0 Å². The van der Waals surface area contributed by atoms with Crippen LogP contribution in [0.1, 0.15) is 13.8 Å². The van der Waals surface area contributed by atoms with Gasteiger partial charge in [0.25, 0.3) is 0 Å². The smallest absolute Gasteiger partial charge is 0 e. The zero-order chi connectivity index (χ0) is 6.57. The number of allylic oxidation sites excluding steroid dienone is 1. The zero-order valence-corrected chi connectivity index (χ0v) is 10.1. The van der Waals surface area contributed by atoms with Gasteiger partial charge in [-0.15, -0.1) is 18.4 Å². The van der Waals surface area contributed by atoms with E-state index < -0.39 is 0 Å². The maximum Gasteiger partial charge on any atom is 0 e. The average molecular weight is 191 g/mol. The molecule has 10 heavy (non-hydrogen) atoms. The van der Waals surface area contributed by atoms with Crippen molar-refractivity contribution in [3.05, 3.63) is 35.6 Å². The first kappa shape index (κ1) is 16.4. The van der Waals surface area contributed by atoms with Gasteiger partial charge in [-0.1, -0.05) is 13.8 Å². The van der Waals surface area contributed by atoms with Gasteiger partial charge in [0.05, 0.1) is 0 Å². The molecule has 56 valence electrons. The fourth-order valence-electron chi connectivity index (χ4n) is 0.327. The Kier molecular flexibility index (Phi) is 14.3. The van der Waals surface area contributed by atoms with E-state index in [-0.39, 0.29) is 26.9 Å². The summed E-state index contributed by atoms with van der Waals surface area (Å²) in [7, 11) is 1.69. The summed E-state index contributed by atoms with van der Waals surface area (Å²) in [6.07, 6.45) is 0. The largest absolute Gasteiger partial charge is 0.696 e. The van der Waals surface area contributed by atoms with Crippen LogP contribution >= 0.6 is 0 Å². The molecule has 0 rings (SSSR count). The Balaban J connectivity index is -0.000000245. The topological polar surface area (TPSA) is 37.9 Å². The standard InChI is InChI=1S/C6H10N2.CH3.Zn/c1-5(7)4-6(2)8-3;;/h7H,1-3H3;1H3;/q-2;-1;. The van der Waals surface area contributed by atoms with Crippen LogP contribution in [-0.2, 0) is 19.5 Å². The summed E-state index contributed by atoms with van der Waals surface area (Å²) >= 11 is 0. The minimum atomic E-state index is 0. The van der Waals surface area contributed by atoms with Gasteiger partial charge in [-0.2, -0.15) is 5.73 Å². The third-order valence-corrected chi connectivity index (χ3v) is 0.704. The molecule has 0 amide bonds. The van der Waals surface area contributed by atoms with E-state index >= 15 is 0 Å². The maximum absolute atomic E-state index is 6.94. The Morgan fingerprint density at radius 3 is 1.90 bits per heavy atom. The maximum atomic E-state index is 6.94. The third-order valence-electron chi connectivity index (χ3n) is 0.704. The summed E-state index contributed by atoms with van der Waals surface area (Å²) in [5.41, 5.74) is 10.9. The molecule has 0 aromatic heterocycles. The van der Waals surface area contributed by atoms with Crippen molar-refractivity contribution in [2.45, 2.75) is 13.8 Å². The molecule has 1 N–H and O–H groups in total. The van der Waals surface area contributed by atoms with E-state index in [0.29, 0.717) is 5.70 Å². The van der Waals surface area contributed by atoms with E-state index in [1.54, 1.807) is 14.0 Å². The summed E-state index contributed by atoms with van der Waals surface area (Å²) in [6.45, 7) is 3.49. The molecule has 0 bridgehead atoms. The summed E-state index contributed by atoms with van der Waals surface area (Å²) < 4.78 is 0. The zero-order valence-electron chi connectivity index (χ0n) is 7.15. The predicted molar refractivity (Wildman–Crippen MR) is 41.9 cm³/mol. The minimum Gasteiger partial charge on any atom is -0.696 e. The quantitative estimate of drug-likeness (QED) is 0.347. The second kappa shape index (κ2) is 8.74. The number of hydrogen-bond acceptors (Lipinski definition) is 0. The first-order chi connectivity index (χ1) is 3.66. The monoisotopic (exact) mass is 189 g/mol. The van der Waals surface area contributed by atoms with Gasteiger partial charge in [-0.05, 0) is 0 Å². The van der Waals surface area contributed by atoms with Gasteiger partial charge >= 0.3 is 0 Å². The van der Waals surface area contributed by atoms with Gasteiger partial charge in [0.2, 0.25) is 0 Å². The average Bonchev–Trinajstić information content (AvgIpc) is 1.65. The molecule has 0 aliphatic rings. The minimum absolute atomic E-state index is 0. The van der Waals surface area contributed by atoms with Crippen molar-refractivity contribution < 1.29 is 19.5 Å². The molecule has 0 heterocycles. The molecule has 0 atom stereocenters. The van der Waals surface area contributed by atoms with E-state index in [9.17, 15) is 0 Å². The molecule has 0 fully saturated rings. The van der Waals surface area contributed by atoms with Gasteiger partial charge in [0.1, 0.15) is 0 Å².